The van der Waals surface area contributed by atoms with Gasteiger partial charge in [-0.05, 0) is 29.5 Å². The summed E-state index contributed by atoms with van der Waals surface area (Å²) in [5.74, 6) is -1.79. The monoisotopic (exact) mass is 396 g/mol. The van der Waals surface area contributed by atoms with Crippen molar-refractivity contribution in [3.63, 3.8) is 0 Å². The van der Waals surface area contributed by atoms with E-state index in [2.05, 4.69) is 5.32 Å². The molecule has 2 heterocycles. The van der Waals surface area contributed by atoms with Crippen LogP contribution in [-0.2, 0) is 19.1 Å². The summed E-state index contributed by atoms with van der Waals surface area (Å²) in [6.07, 6.45) is 0.972. The topological polar surface area (TPSA) is 95.9 Å². The second-order valence-electron chi connectivity index (χ2n) is 8.49. The maximum Gasteiger partial charge on any atom is 0.337 e. The Morgan fingerprint density at radius 3 is 2.72 bits per heavy atom. The first kappa shape index (κ1) is 19.2. The molecule has 0 aromatic heterocycles. The lowest BCUT2D eigenvalue weighted by atomic mass is 9.67. The molecular weight excluding hydrogens is 372 g/mol. The van der Waals surface area contributed by atoms with Gasteiger partial charge >= 0.3 is 5.97 Å². The molecule has 1 aliphatic carbocycles. The summed E-state index contributed by atoms with van der Waals surface area (Å²) in [5.41, 5.74) is 2.02. The Kier molecular flexibility index (Phi) is 4.48. The van der Waals surface area contributed by atoms with Crippen molar-refractivity contribution in [2.45, 2.75) is 32.6 Å². The third-order valence-corrected chi connectivity index (χ3v) is 5.77. The lowest BCUT2D eigenvalue weighted by molar-refractivity contribution is -0.137. The van der Waals surface area contributed by atoms with E-state index in [0.29, 0.717) is 37.1 Å². The van der Waals surface area contributed by atoms with Crippen molar-refractivity contribution >= 4 is 17.7 Å². The van der Waals surface area contributed by atoms with Gasteiger partial charge in [0.15, 0.2) is 5.78 Å². The Hall–Kier alpha value is -3.09. The Bertz CT molecular complexity index is 989. The fraction of sp³-hybridized carbons (Fsp3) is 0.409. The van der Waals surface area contributed by atoms with Crippen LogP contribution in [0.15, 0.2) is 46.8 Å². The van der Waals surface area contributed by atoms with E-state index in [1.807, 2.05) is 18.7 Å². The highest BCUT2D eigenvalue weighted by atomic mass is 16.5. The molecule has 1 amide bonds. The van der Waals surface area contributed by atoms with Crippen molar-refractivity contribution in [1.82, 2.24) is 10.2 Å². The van der Waals surface area contributed by atoms with E-state index in [4.69, 9.17) is 4.74 Å². The summed E-state index contributed by atoms with van der Waals surface area (Å²) in [6.45, 7) is 4.97. The van der Waals surface area contributed by atoms with E-state index < -0.39 is 11.9 Å². The number of hydrogen-bond acceptors (Lipinski definition) is 6. The summed E-state index contributed by atoms with van der Waals surface area (Å²) in [4.78, 5) is 40.8. The molecule has 4 rings (SSSR count). The van der Waals surface area contributed by atoms with Crippen molar-refractivity contribution in [3.8, 4) is 5.75 Å². The van der Waals surface area contributed by atoms with Crippen LogP contribution in [-0.4, -0.2) is 47.9 Å². The highest BCUT2D eigenvalue weighted by Crippen LogP contribution is 2.50. The lowest BCUT2D eigenvalue weighted by Crippen LogP contribution is -2.51. The van der Waals surface area contributed by atoms with Gasteiger partial charge < -0.3 is 20.1 Å². The van der Waals surface area contributed by atoms with Crippen LogP contribution in [0.2, 0.25) is 0 Å². The van der Waals surface area contributed by atoms with Crippen molar-refractivity contribution in [2.75, 3.05) is 20.2 Å². The Morgan fingerprint density at radius 1 is 1.28 bits per heavy atom. The van der Waals surface area contributed by atoms with E-state index >= 15 is 0 Å². The quantitative estimate of drug-likeness (QED) is 0.743. The molecule has 1 saturated heterocycles. The standard InChI is InChI=1S/C22H24N2O5/c1-22(2)10-14-17(15(26)11-22)16(12-5-4-6-13(25)9-12)18(21(28)29-3)19-20(27)23-7-8-24(14)19/h4-6,9,16,25H,7-8,10-11H2,1-3H3,(H,23,27). The van der Waals surface area contributed by atoms with Gasteiger partial charge in [0.1, 0.15) is 11.4 Å². The zero-order valence-electron chi connectivity index (χ0n) is 16.7. The van der Waals surface area contributed by atoms with Crippen molar-refractivity contribution in [2.24, 2.45) is 5.41 Å². The number of methoxy groups -OCH3 is 1. The molecule has 29 heavy (non-hydrogen) atoms. The number of phenols is 1. The predicted octanol–water partition coefficient (Wildman–Crippen LogP) is 1.99. The number of benzene rings is 1. The van der Waals surface area contributed by atoms with E-state index in [-0.39, 0.29) is 34.1 Å². The molecule has 0 spiro atoms. The molecule has 2 aliphatic heterocycles. The number of rotatable bonds is 2. The first-order valence-electron chi connectivity index (χ1n) is 9.67. The minimum atomic E-state index is -0.761. The number of nitrogens with zero attached hydrogens (tertiary/aromatic N) is 1. The van der Waals surface area contributed by atoms with E-state index in [0.717, 1.165) is 5.70 Å². The number of ketones is 1. The van der Waals surface area contributed by atoms with Crippen LogP contribution in [0.1, 0.15) is 38.2 Å². The van der Waals surface area contributed by atoms with Crippen LogP contribution in [0.5, 0.6) is 5.75 Å². The van der Waals surface area contributed by atoms with Gasteiger partial charge in [0.2, 0.25) is 0 Å². The number of phenolic OH excluding ortho intramolecular Hbond substituents is 1. The van der Waals surface area contributed by atoms with Gasteiger partial charge in [-0.1, -0.05) is 26.0 Å². The number of aromatic hydroxyl groups is 1. The summed E-state index contributed by atoms with van der Waals surface area (Å²) < 4.78 is 5.03. The highest BCUT2D eigenvalue weighted by molar-refractivity contribution is 6.09. The number of carbonyl (C=O) groups excluding carboxylic acids is 3. The smallest absolute Gasteiger partial charge is 0.337 e. The zero-order valence-corrected chi connectivity index (χ0v) is 16.7. The number of piperazine rings is 1. The number of amides is 1. The largest absolute Gasteiger partial charge is 0.508 e. The first-order chi connectivity index (χ1) is 13.7. The average Bonchev–Trinajstić information content (AvgIpc) is 2.66. The Balaban J connectivity index is 2.03. The molecule has 2 N–H and O–H groups in total. The molecule has 1 atom stereocenters. The van der Waals surface area contributed by atoms with Crippen LogP contribution < -0.4 is 5.32 Å². The minimum Gasteiger partial charge on any atom is -0.508 e. The van der Waals surface area contributed by atoms with E-state index in [1.165, 1.54) is 19.2 Å². The normalized spacial score (nSPS) is 23.4. The number of nitrogens with one attached hydrogen (secondary N) is 1. The van der Waals surface area contributed by atoms with E-state index in [9.17, 15) is 19.5 Å². The number of ether oxygens (including phenoxy) is 1. The summed E-state index contributed by atoms with van der Waals surface area (Å²) >= 11 is 0. The van der Waals surface area contributed by atoms with Crippen molar-refractivity contribution in [3.05, 3.63) is 52.4 Å². The molecule has 1 unspecified atom stereocenters. The minimum absolute atomic E-state index is 0.0259. The maximum atomic E-state index is 13.3. The lowest BCUT2D eigenvalue weighted by Gasteiger charge is -2.46. The number of fused-ring (bicyclic) bond motifs is 2. The second-order valence-corrected chi connectivity index (χ2v) is 8.49. The molecular formula is C22H24N2O5. The third kappa shape index (κ3) is 3.10. The number of carbonyl (C=O) groups is 3. The molecule has 1 fully saturated rings. The highest BCUT2D eigenvalue weighted by Gasteiger charge is 2.48. The van der Waals surface area contributed by atoms with Crippen LogP contribution in [0, 0.1) is 5.41 Å². The molecule has 3 aliphatic rings. The molecule has 7 nitrogen and oxygen atoms in total. The maximum absolute atomic E-state index is 13.3. The molecule has 0 bridgehead atoms. The molecule has 1 aromatic carbocycles. The molecule has 1 aromatic rings. The van der Waals surface area contributed by atoms with Gasteiger partial charge in [0.05, 0.1) is 12.7 Å². The molecule has 0 saturated carbocycles. The first-order valence-corrected chi connectivity index (χ1v) is 9.67. The number of allylic oxidation sites excluding steroid dienone is 2. The van der Waals surface area contributed by atoms with Crippen LogP contribution >= 0.6 is 0 Å². The summed E-state index contributed by atoms with van der Waals surface area (Å²) in [5, 5.41) is 12.8. The zero-order chi connectivity index (χ0) is 20.9. The summed E-state index contributed by atoms with van der Waals surface area (Å²) in [6, 6.07) is 6.47. The van der Waals surface area contributed by atoms with Crippen molar-refractivity contribution < 1.29 is 24.2 Å². The van der Waals surface area contributed by atoms with Gasteiger partial charge in [-0.25, -0.2) is 4.79 Å². The number of Topliss-reactive ketones (excluding diaryl/α,β-unsaturated/α-hetero) is 1. The van der Waals surface area contributed by atoms with E-state index in [1.54, 1.807) is 12.1 Å². The number of hydrogen-bond donors (Lipinski definition) is 2. The fourth-order valence-electron chi connectivity index (χ4n) is 4.65. The van der Waals surface area contributed by atoms with Crippen LogP contribution in [0.3, 0.4) is 0 Å². The predicted molar refractivity (Wildman–Crippen MR) is 105 cm³/mol. The van der Waals surface area contributed by atoms with Gasteiger partial charge in [-0.15, -0.1) is 0 Å². The Morgan fingerprint density at radius 2 is 2.03 bits per heavy atom. The van der Waals surface area contributed by atoms with Crippen LogP contribution in [0.4, 0.5) is 0 Å². The van der Waals surface area contributed by atoms with Gasteiger partial charge in [0, 0.05) is 36.7 Å². The second kappa shape index (κ2) is 6.76. The van der Waals surface area contributed by atoms with Gasteiger partial charge in [-0.2, -0.15) is 0 Å². The number of esters is 1. The summed E-state index contributed by atoms with van der Waals surface area (Å²) in [7, 11) is 1.26. The molecule has 152 valence electrons. The van der Waals surface area contributed by atoms with Gasteiger partial charge in [-0.3, -0.25) is 9.59 Å². The van der Waals surface area contributed by atoms with Crippen LogP contribution in [0.25, 0.3) is 0 Å². The van der Waals surface area contributed by atoms with Gasteiger partial charge in [0.25, 0.3) is 5.91 Å². The van der Waals surface area contributed by atoms with Crippen molar-refractivity contribution in [1.29, 1.82) is 0 Å². The fourth-order valence-corrected chi connectivity index (χ4v) is 4.65. The Labute approximate surface area is 169 Å². The molecule has 7 heteroatoms. The molecule has 0 radical (unpaired) electrons. The third-order valence-electron chi connectivity index (χ3n) is 5.77. The SMILES string of the molecule is COC(=O)C1=C2C(=O)NCCN2C2=C(C(=O)CC(C)(C)C2)C1c1cccc(O)c1. The average molecular weight is 396 g/mol.